The minimum absolute atomic E-state index is 0.0804. The van der Waals surface area contributed by atoms with Gasteiger partial charge in [-0.15, -0.1) is 0 Å². The fourth-order valence-corrected chi connectivity index (χ4v) is 1.61. The lowest BCUT2D eigenvalue weighted by Crippen LogP contribution is -2.25. The maximum atomic E-state index is 11.7. The molecule has 3 nitrogen and oxygen atoms in total. The van der Waals surface area contributed by atoms with Crippen LogP contribution in [0.25, 0.3) is 6.08 Å². The van der Waals surface area contributed by atoms with Gasteiger partial charge in [-0.05, 0) is 23.1 Å². The van der Waals surface area contributed by atoms with Crippen LogP contribution in [0, 0.1) is 11.3 Å². The molecule has 100 valence electrons. The number of benzene rings is 1. The van der Waals surface area contributed by atoms with Gasteiger partial charge in [-0.2, -0.15) is 5.26 Å². The third-order valence-corrected chi connectivity index (χ3v) is 2.96. The van der Waals surface area contributed by atoms with Crippen molar-refractivity contribution in [2.75, 3.05) is 13.6 Å². The molecule has 0 saturated carbocycles. The van der Waals surface area contributed by atoms with E-state index in [1.165, 1.54) is 5.56 Å². The lowest BCUT2D eigenvalue weighted by Gasteiger charge is -2.12. The number of carbonyl (C=O) groups is 1. The summed E-state index contributed by atoms with van der Waals surface area (Å²) in [7, 11) is 1.70. The number of likely N-dealkylation sites (N-methyl/N-ethyl adjacent to an activating group) is 1. The van der Waals surface area contributed by atoms with E-state index in [0.29, 0.717) is 18.9 Å². The highest BCUT2D eigenvalue weighted by atomic mass is 16.2. The summed E-state index contributed by atoms with van der Waals surface area (Å²) < 4.78 is 0. The van der Waals surface area contributed by atoms with Crippen LogP contribution in [0.5, 0.6) is 0 Å². The lowest BCUT2D eigenvalue weighted by molar-refractivity contribution is -0.124. The molecule has 0 heterocycles. The second kappa shape index (κ2) is 7.38. The van der Waals surface area contributed by atoms with Gasteiger partial charge in [-0.25, -0.2) is 0 Å². The molecule has 0 bridgehead atoms. The Morgan fingerprint density at radius 2 is 2.00 bits per heavy atom. The lowest BCUT2D eigenvalue weighted by atomic mass is 10.0. The van der Waals surface area contributed by atoms with E-state index < -0.39 is 0 Å². The molecule has 0 aromatic heterocycles. The number of hydrogen-bond acceptors (Lipinski definition) is 2. The van der Waals surface area contributed by atoms with E-state index >= 15 is 0 Å². The predicted molar refractivity (Wildman–Crippen MR) is 77.4 cm³/mol. The van der Waals surface area contributed by atoms with Crippen molar-refractivity contribution in [1.82, 2.24) is 4.90 Å². The summed E-state index contributed by atoms with van der Waals surface area (Å²) in [6, 6.07) is 10.2. The van der Waals surface area contributed by atoms with Crippen LogP contribution < -0.4 is 0 Å². The topological polar surface area (TPSA) is 44.1 Å². The Labute approximate surface area is 115 Å². The second-order valence-corrected chi connectivity index (χ2v) is 4.82. The van der Waals surface area contributed by atoms with E-state index in [-0.39, 0.29) is 5.91 Å². The Morgan fingerprint density at radius 3 is 2.53 bits per heavy atom. The molecular formula is C16H20N2O. The first-order valence-corrected chi connectivity index (χ1v) is 6.44. The van der Waals surface area contributed by atoms with Crippen molar-refractivity contribution in [2.45, 2.75) is 26.2 Å². The summed E-state index contributed by atoms with van der Waals surface area (Å²) in [4.78, 5) is 13.3. The second-order valence-electron chi connectivity index (χ2n) is 4.82. The summed E-state index contributed by atoms with van der Waals surface area (Å²) in [6.07, 6.45) is 3.70. The number of nitriles is 1. The molecule has 0 spiro atoms. The van der Waals surface area contributed by atoms with Crippen molar-refractivity contribution in [3.05, 3.63) is 41.5 Å². The van der Waals surface area contributed by atoms with Crippen molar-refractivity contribution < 1.29 is 4.79 Å². The van der Waals surface area contributed by atoms with Crippen molar-refractivity contribution in [1.29, 1.82) is 5.26 Å². The molecule has 0 aliphatic heterocycles. The summed E-state index contributed by atoms with van der Waals surface area (Å²) in [5.74, 6) is 0.431. The molecule has 19 heavy (non-hydrogen) atoms. The monoisotopic (exact) mass is 256 g/mol. The fourth-order valence-electron chi connectivity index (χ4n) is 1.61. The first-order valence-electron chi connectivity index (χ1n) is 6.44. The predicted octanol–water partition coefficient (Wildman–Crippen LogP) is 3.20. The summed E-state index contributed by atoms with van der Waals surface area (Å²) in [5.41, 5.74) is 2.29. The average molecular weight is 256 g/mol. The first-order chi connectivity index (χ1) is 9.04. The van der Waals surface area contributed by atoms with E-state index in [4.69, 9.17) is 5.26 Å². The third kappa shape index (κ3) is 4.97. The van der Waals surface area contributed by atoms with Crippen LogP contribution in [0.2, 0.25) is 0 Å². The molecule has 0 fully saturated rings. The number of amides is 1. The van der Waals surface area contributed by atoms with Gasteiger partial charge in [0, 0.05) is 19.7 Å². The molecule has 1 rings (SSSR count). The average Bonchev–Trinajstić information content (AvgIpc) is 2.42. The zero-order valence-corrected chi connectivity index (χ0v) is 11.8. The standard InChI is InChI=1S/C16H20N2O/c1-13(2)15-8-5-14(6-9-15)7-10-16(19)18(3)12-4-11-17/h5-10,13H,4,12H2,1-3H3/b10-7+. The van der Waals surface area contributed by atoms with Gasteiger partial charge in [-0.1, -0.05) is 38.1 Å². The zero-order chi connectivity index (χ0) is 14.3. The van der Waals surface area contributed by atoms with Crippen molar-refractivity contribution in [2.24, 2.45) is 0 Å². The van der Waals surface area contributed by atoms with Gasteiger partial charge in [-0.3, -0.25) is 4.79 Å². The van der Waals surface area contributed by atoms with Gasteiger partial charge < -0.3 is 4.90 Å². The molecule has 0 saturated heterocycles. The first kappa shape index (κ1) is 15.0. The van der Waals surface area contributed by atoms with Crippen LogP contribution in [-0.2, 0) is 4.79 Å². The number of nitrogens with zero attached hydrogens (tertiary/aromatic N) is 2. The largest absolute Gasteiger partial charge is 0.341 e. The van der Waals surface area contributed by atoms with Gasteiger partial charge in [0.25, 0.3) is 0 Å². The van der Waals surface area contributed by atoms with Gasteiger partial charge in [0.2, 0.25) is 5.91 Å². The molecule has 0 aliphatic carbocycles. The van der Waals surface area contributed by atoms with E-state index in [2.05, 4.69) is 26.0 Å². The summed E-state index contributed by atoms with van der Waals surface area (Å²) in [6.45, 7) is 4.77. The summed E-state index contributed by atoms with van der Waals surface area (Å²) >= 11 is 0. The van der Waals surface area contributed by atoms with Gasteiger partial charge >= 0.3 is 0 Å². The van der Waals surface area contributed by atoms with E-state index in [9.17, 15) is 4.79 Å². The van der Waals surface area contributed by atoms with Crippen LogP contribution in [0.15, 0.2) is 30.3 Å². The zero-order valence-electron chi connectivity index (χ0n) is 11.8. The minimum atomic E-state index is -0.0804. The maximum Gasteiger partial charge on any atom is 0.246 e. The smallest absolute Gasteiger partial charge is 0.246 e. The summed E-state index contributed by atoms with van der Waals surface area (Å²) in [5, 5.41) is 8.47. The quantitative estimate of drug-likeness (QED) is 0.759. The normalized spacial score (nSPS) is 10.7. The third-order valence-electron chi connectivity index (χ3n) is 2.96. The van der Waals surface area contributed by atoms with Crippen LogP contribution in [0.3, 0.4) is 0 Å². The highest BCUT2D eigenvalue weighted by Gasteiger charge is 2.03. The van der Waals surface area contributed by atoms with Crippen molar-refractivity contribution in [3.63, 3.8) is 0 Å². The van der Waals surface area contributed by atoms with Crippen molar-refractivity contribution in [3.8, 4) is 6.07 Å². The number of rotatable bonds is 5. The van der Waals surface area contributed by atoms with Crippen LogP contribution in [0.4, 0.5) is 0 Å². The molecule has 1 aromatic rings. The number of carbonyl (C=O) groups excluding carboxylic acids is 1. The van der Waals surface area contributed by atoms with Gasteiger partial charge in [0.1, 0.15) is 0 Å². The van der Waals surface area contributed by atoms with E-state index in [1.54, 1.807) is 24.1 Å². The molecule has 1 aromatic carbocycles. The molecular weight excluding hydrogens is 236 g/mol. The Hall–Kier alpha value is -2.08. The Bertz CT molecular complexity index is 480. The molecule has 0 aliphatic rings. The van der Waals surface area contributed by atoms with Gasteiger partial charge in [0.15, 0.2) is 0 Å². The maximum absolute atomic E-state index is 11.7. The van der Waals surface area contributed by atoms with E-state index in [0.717, 1.165) is 5.56 Å². The molecule has 3 heteroatoms. The van der Waals surface area contributed by atoms with Crippen LogP contribution >= 0.6 is 0 Å². The van der Waals surface area contributed by atoms with Gasteiger partial charge in [0.05, 0.1) is 12.5 Å². The molecule has 1 amide bonds. The Balaban J connectivity index is 2.61. The van der Waals surface area contributed by atoms with Crippen LogP contribution in [-0.4, -0.2) is 24.4 Å². The van der Waals surface area contributed by atoms with Crippen molar-refractivity contribution >= 4 is 12.0 Å². The fraction of sp³-hybridized carbons (Fsp3) is 0.375. The highest BCUT2D eigenvalue weighted by Crippen LogP contribution is 2.15. The Morgan fingerprint density at radius 1 is 1.37 bits per heavy atom. The SMILES string of the molecule is CC(C)c1ccc(/C=C/C(=O)N(C)CCC#N)cc1. The number of hydrogen-bond donors (Lipinski definition) is 0. The molecule has 0 N–H and O–H groups in total. The molecule has 0 radical (unpaired) electrons. The highest BCUT2D eigenvalue weighted by molar-refractivity contribution is 5.91. The molecule has 0 unspecified atom stereocenters. The Kier molecular flexibility index (Phi) is 5.81. The molecule has 0 atom stereocenters. The van der Waals surface area contributed by atoms with Crippen LogP contribution in [0.1, 0.15) is 37.3 Å². The van der Waals surface area contributed by atoms with E-state index in [1.807, 2.05) is 18.2 Å². The minimum Gasteiger partial charge on any atom is -0.341 e.